The number of nitrogens with one attached hydrogen (secondary N) is 1. The molecule has 0 atom stereocenters. The summed E-state index contributed by atoms with van der Waals surface area (Å²) < 4.78 is 16.6. The van der Waals surface area contributed by atoms with Crippen LogP contribution in [-0.4, -0.2) is 31.1 Å². The minimum atomic E-state index is -0.858. The van der Waals surface area contributed by atoms with Crippen LogP contribution < -0.4 is 10.2 Å². The van der Waals surface area contributed by atoms with Gasteiger partial charge in [-0.05, 0) is 37.1 Å². The number of carbonyl (C=O) groups excluding carboxylic acids is 1. The number of aryl methyl sites for hydroxylation is 1. The Hall–Kier alpha value is -2.70. The van der Waals surface area contributed by atoms with Crippen molar-refractivity contribution in [2.45, 2.75) is 32.7 Å². The number of hydrogen-bond acceptors (Lipinski definition) is 5. The van der Waals surface area contributed by atoms with E-state index in [1.54, 1.807) is 13.1 Å². The topological polar surface area (TPSA) is 69.2 Å². The van der Waals surface area contributed by atoms with E-state index in [0.29, 0.717) is 19.8 Å². The maximum absolute atomic E-state index is 11.9. The van der Waals surface area contributed by atoms with Gasteiger partial charge in [0.05, 0.1) is 25.8 Å². The third-order valence-electron chi connectivity index (χ3n) is 4.17. The molecule has 1 fully saturated rings. The molecule has 0 bridgehead atoms. The molecule has 0 radical (unpaired) electrons. The normalized spacial score (nSPS) is 15.8. The zero-order chi connectivity index (χ0) is 19.1. The smallest absolute Gasteiger partial charge is 0.245 e. The number of nitrogens with zero attached hydrogens (tertiary/aromatic N) is 1. The van der Waals surface area contributed by atoms with E-state index >= 15 is 0 Å². The van der Waals surface area contributed by atoms with Crippen molar-refractivity contribution in [1.29, 1.82) is 0 Å². The van der Waals surface area contributed by atoms with E-state index < -0.39 is 5.79 Å². The van der Waals surface area contributed by atoms with Gasteiger partial charge in [0.15, 0.2) is 5.79 Å². The van der Waals surface area contributed by atoms with Crippen molar-refractivity contribution in [1.82, 2.24) is 5.43 Å². The number of carbonyl (C=O) groups is 1. The number of rotatable bonds is 7. The first kappa shape index (κ1) is 19.1. The maximum atomic E-state index is 11.9. The summed E-state index contributed by atoms with van der Waals surface area (Å²) in [6, 6.07) is 15.8. The van der Waals surface area contributed by atoms with Gasteiger partial charge in [-0.1, -0.05) is 42.0 Å². The summed E-state index contributed by atoms with van der Waals surface area (Å²) in [5, 5.41) is 3.99. The van der Waals surface area contributed by atoms with Crippen molar-refractivity contribution >= 4 is 12.1 Å². The second-order valence-corrected chi connectivity index (χ2v) is 6.65. The first-order valence-electron chi connectivity index (χ1n) is 8.91. The van der Waals surface area contributed by atoms with Gasteiger partial charge in [0.1, 0.15) is 12.4 Å². The monoisotopic (exact) mass is 368 g/mol. The Morgan fingerprint density at radius 2 is 1.96 bits per heavy atom. The molecule has 2 aromatic rings. The molecule has 1 heterocycles. The highest BCUT2D eigenvalue weighted by molar-refractivity contribution is 5.83. The van der Waals surface area contributed by atoms with Gasteiger partial charge < -0.3 is 14.2 Å². The summed E-state index contributed by atoms with van der Waals surface area (Å²) in [7, 11) is 0. The Morgan fingerprint density at radius 1 is 1.22 bits per heavy atom. The minimum absolute atomic E-state index is 0.101. The lowest BCUT2D eigenvalue weighted by Crippen LogP contribution is -2.33. The van der Waals surface area contributed by atoms with Gasteiger partial charge in [-0.25, -0.2) is 5.43 Å². The van der Waals surface area contributed by atoms with Crippen molar-refractivity contribution in [3.05, 3.63) is 65.2 Å². The van der Waals surface area contributed by atoms with Crippen molar-refractivity contribution in [3.8, 4) is 5.75 Å². The highest BCUT2D eigenvalue weighted by atomic mass is 16.7. The number of benzene rings is 2. The predicted octanol–water partition coefficient (Wildman–Crippen LogP) is 3.18. The number of amides is 1. The maximum Gasteiger partial charge on any atom is 0.245 e. The summed E-state index contributed by atoms with van der Waals surface area (Å²) in [5.41, 5.74) is 5.65. The Labute approximate surface area is 159 Å². The highest BCUT2D eigenvalue weighted by Gasteiger charge is 2.33. The van der Waals surface area contributed by atoms with E-state index in [1.807, 2.05) is 24.3 Å². The van der Waals surface area contributed by atoms with E-state index in [4.69, 9.17) is 14.2 Å². The molecule has 1 saturated heterocycles. The summed E-state index contributed by atoms with van der Waals surface area (Å²) >= 11 is 0. The van der Waals surface area contributed by atoms with Gasteiger partial charge >= 0.3 is 0 Å². The van der Waals surface area contributed by atoms with Crippen LogP contribution in [0.15, 0.2) is 53.6 Å². The molecular formula is C21H24N2O4. The van der Waals surface area contributed by atoms with Crippen LogP contribution in [0.4, 0.5) is 0 Å². The van der Waals surface area contributed by atoms with Crippen molar-refractivity contribution < 1.29 is 19.0 Å². The van der Waals surface area contributed by atoms with Crippen molar-refractivity contribution in [2.75, 3.05) is 13.2 Å². The summed E-state index contributed by atoms with van der Waals surface area (Å²) in [6.45, 7) is 5.31. The van der Waals surface area contributed by atoms with Gasteiger partial charge in [-0.2, -0.15) is 5.10 Å². The molecule has 0 aliphatic carbocycles. The molecule has 1 N–H and O–H groups in total. The van der Waals surface area contributed by atoms with Gasteiger partial charge in [-0.15, -0.1) is 0 Å². The molecule has 1 amide bonds. The molecular weight excluding hydrogens is 344 g/mol. The second-order valence-electron chi connectivity index (χ2n) is 6.65. The molecule has 6 heteroatoms. The van der Waals surface area contributed by atoms with Crippen LogP contribution in [0.5, 0.6) is 5.75 Å². The third-order valence-corrected chi connectivity index (χ3v) is 4.17. The standard InChI is InChI=1S/C21H24N2O4/c1-16-6-8-17(9-7-16)15-25-19-5-3-4-18(12-19)14-22-23-20(24)13-21(2)26-10-11-27-21/h3-9,12,14H,10-11,13,15H2,1-2H3,(H,23,24)/b22-14+. The summed E-state index contributed by atoms with van der Waals surface area (Å²) in [4.78, 5) is 11.9. The number of ether oxygens (including phenoxy) is 3. The molecule has 3 rings (SSSR count). The Bertz CT molecular complexity index is 796. The molecule has 6 nitrogen and oxygen atoms in total. The fourth-order valence-electron chi connectivity index (χ4n) is 2.70. The molecule has 0 unspecified atom stereocenters. The lowest BCUT2D eigenvalue weighted by atomic mass is 10.2. The van der Waals surface area contributed by atoms with E-state index in [1.165, 1.54) is 5.56 Å². The van der Waals surface area contributed by atoms with Crippen LogP contribution in [0.1, 0.15) is 30.0 Å². The van der Waals surface area contributed by atoms with Crippen molar-refractivity contribution in [2.24, 2.45) is 5.10 Å². The Kier molecular flexibility index (Phi) is 6.21. The number of hydrazone groups is 1. The zero-order valence-electron chi connectivity index (χ0n) is 15.6. The largest absolute Gasteiger partial charge is 0.489 e. The average molecular weight is 368 g/mol. The van der Waals surface area contributed by atoms with E-state index in [0.717, 1.165) is 16.9 Å². The average Bonchev–Trinajstić information content (AvgIpc) is 3.07. The first-order valence-corrected chi connectivity index (χ1v) is 8.91. The SMILES string of the molecule is Cc1ccc(COc2cccc(/C=N/NC(=O)CC3(C)OCCO3)c2)cc1. The predicted molar refractivity (Wildman–Crippen MR) is 103 cm³/mol. The Balaban J connectivity index is 1.50. The third kappa shape index (κ3) is 5.91. The van der Waals surface area contributed by atoms with Crippen LogP contribution in [0, 0.1) is 6.92 Å². The van der Waals surface area contributed by atoms with Gasteiger partial charge in [0.25, 0.3) is 0 Å². The lowest BCUT2D eigenvalue weighted by molar-refractivity contribution is -0.159. The van der Waals surface area contributed by atoms with Crippen LogP contribution in [0.2, 0.25) is 0 Å². The molecule has 27 heavy (non-hydrogen) atoms. The van der Waals surface area contributed by atoms with Gasteiger partial charge in [0.2, 0.25) is 5.91 Å². The van der Waals surface area contributed by atoms with Crippen LogP contribution in [-0.2, 0) is 20.9 Å². The molecule has 2 aromatic carbocycles. The molecule has 0 spiro atoms. The number of hydrogen-bond donors (Lipinski definition) is 1. The minimum Gasteiger partial charge on any atom is -0.489 e. The molecule has 0 saturated carbocycles. The second kappa shape index (κ2) is 8.79. The van der Waals surface area contributed by atoms with Gasteiger partial charge in [0, 0.05) is 0 Å². The van der Waals surface area contributed by atoms with Gasteiger partial charge in [-0.3, -0.25) is 4.79 Å². The van der Waals surface area contributed by atoms with Crippen molar-refractivity contribution in [3.63, 3.8) is 0 Å². The van der Waals surface area contributed by atoms with E-state index in [9.17, 15) is 4.79 Å². The Morgan fingerprint density at radius 3 is 2.70 bits per heavy atom. The quantitative estimate of drug-likeness (QED) is 0.602. The van der Waals surface area contributed by atoms with Crippen LogP contribution in [0.3, 0.4) is 0 Å². The first-order chi connectivity index (χ1) is 13.0. The molecule has 1 aliphatic heterocycles. The van der Waals surface area contributed by atoms with E-state index in [-0.39, 0.29) is 12.3 Å². The lowest BCUT2D eigenvalue weighted by Gasteiger charge is -2.20. The van der Waals surface area contributed by atoms with Crippen LogP contribution >= 0.6 is 0 Å². The van der Waals surface area contributed by atoms with E-state index in [2.05, 4.69) is 41.7 Å². The fraction of sp³-hybridized carbons (Fsp3) is 0.333. The molecule has 142 valence electrons. The molecule has 1 aliphatic rings. The fourth-order valence-corrected chi connectivity index (χ4v) is 2.70. The summed E-state index contributed by atoms with van der Waals surface area (Å²) in [6.07, 6.45) is 1.68. The summed E-state index contributed by atoms with van der Waals surface area (Å²) in [5.74, 6) is -0.378. The zero-order valence-corrected chi connectivity index (χ0v) is 15.6. The highest BCUT2D eigenvalue weighted by Crippen LogP contribution is 2.22. The van der Waals surface area contributed by atoms with Crippen LogP contribution in [0.25, 0.3) is 0 Å². The molecule has 0 aromatic heterocycles.